The smallest absolute Gasteiger partial charge is 0.295 e. The molecule has 1 unspecified atom stereocenters. The third-order valence-electron chi connectivity index (χ3n) is 6.24. The molecule has 1 atom stereocenters. The number of benzene rings is 3. The molecule has 3 aromatic carbocycles. The Kier molecular flexibility index (Phi) is 6.48. The number of carbonyl (C=O) groups is 2. The number of ketones is 1. The van der Waals surface area contributed by atoms with Crippen molar-refractivity contribution in [2.24, 2.45) is 0 Å². The summed E-state index contributed by atoms with van der Waals surface area (Å²) in [4.78, 5) is 27.9. The van der Waals surface area contributed by atoms with Crippen LogP contribution in [0.2, 0.25) is 0 Å². The molecule has 35 heavy (non-hydrogen) atoms. The number of hydrogen-bond acceptors (Lipinski definition) is 4. The van der Waals surface area contributed by atoms with E-state index in [1.54, 1.807) is 36.4 Å². The lowest BCUT2D eigenvalue weighted by Crippen LogP contribution is -2.29. The fourth-order valence-corrected chi connectivity index (χ4v) is 4.27. The van der Waals surface area contributed by atoms with Crippen LogP contribution in [0.1, 0.15) is 49.1 Å². The average Bonchev–Trinajstić information content (AvgIpc) is 3.09. The van der Waals surface area contributed by atoms with E-state index in [0.717, 1.165) is 5.56 Å². The predicted octanol–water partition coefficient (Wildman–Crippen LogP) is 5.75. The summed E-state index contributed by atoms with van der Waals surface area (Å²) in [5.41, 5.74) is 2.78. The molecule has 1 saturated heterocycles. The van der Waals surface area contributed by atoms with Crippen molar-refractivity contribution in [2.75, 3.05) is 7.11 Å². The molecular formula is C29H28FNO4. The Balaban J connectivity index is 1.85. The zero-order valence-electron chi connectivity index (χ0n) is 20.2. The van der Waals surface area contributed by atoms with Gasteiger partial charge in [-0.15, -0.1) is 0 Å². The van der Waals surface area contributed by atoms with Gasteiger partial charge in [0.1, 0.15) is 17.3 Å². The van der Waals surface area contributed by atoms with Crippen molar-refractivity contribution in [2.45, 2.75) is 38.8 Å². The van der Waals surface area contributed by atoms with Gasteiger partial charge in [-0.05, 0) is 46.4 Å². The number of ether oxygens (including phenoxy) is 1. The van der Waals surface area contributed by atoms with Crippen LogP contribution < -0.4 is 4.74 Å². The number of hydrogen-bond donors (Lipinski definition) is 1. The normalized spacial score (nSPS) is 17.6. The highest BCUT2D eigenvalue weighted by Crippen LogP contribution is 2.41. The number of aliphatic hydroxyl groups excluding tert-OH is 1. The molecule has 1 N–H and O–H groups in total. The fraction of sp³-hybridized carbons (Fsp3) is 0.241. The largest absolute Gasteiger partial charge is 0.507 e. The van der Waals surface area contributed by atoms with Gasteiger partial charge < -0.3 is 14.7 Å². The quantitative estimate of drug-likeness (QED) is 0.291. The van der Waals surface area contributed by atoms with Gasteiger partial charge in [0.25, 0.3) is 11.7 Å². The number of rotatable bonds is 5. The molecule has 0 radical (unpaired) electrons. The number of carbonyl (C=O) groups excluding carboxylic acids is 2. The van der Waals surface area contributed by atoms with Crippen LogP contribution in [-0.4, -0.2) is 28.8 Å². The van der Waals surface area contributed by atoms with E-state index in [4.69, 9.17) is 4.74 Å². The first kappa shape index (κ1) is 24.2. The summed E-state index contributed by atoms with van der Waals surface area (Å²) in [6, 6.07) is 19.4. The summed E-state index contributed by atoms with van der Waals surface area (Å²) in [7, 11) is 1.51. The highest BCUT2D eigenvalue weighted by Gasteiger charge is 2.46. The van der Waals surface area contributed by atoms with E-state index < -0.39 is 17.7 Å². The van der Waals surface area contributed by atoms with Crippen molar-refractivity contribution < 1.29 is 23.8 Å². The maximum absolute atomic E-state index is 13.4. The van der Waals surface area contributed by atoms with Crippen molar-refractivity contribution in [3.63, 3.8) is 0 Å². The first-order valence-corrected chi connectivity index (χ1v) is 11.4. The Morgan fingerprint density at radius 2 is 1.66 bits per heavy atom. The summed E-state index contributed by atoms with van der Waals surface area (Å²) < 4.78 is 18.7. The van der Waals surface area contributed by atoms with Crippen molar-refractivity contribution in [3.05, 3.63) is 106 Å². The van der Waals surface area contributed by atoms with Crippen LogP contribution in [-0.2, 0) is 21.5 Å². The minimum atomic E-state index is -0.805. The summed E-state index contributed by atoms with van der Waals surface area (Å²) in [5.74, 6) is -1.63. The second kappa shape index (κ2) is 9.37. The van der Waals surface area contributed by atoms with Gasteiger partial charge in [0, 0.05) is 12.1 Å². The monoisotopic (exact) mass is 473 g/mol. The molecule has 0 aliphatic carbocycles. The van der Waals surface area contributed by atoms with Crippen LogP contribution in [0.15, 0.2) is 78.4 Å². The Morgan fingerprint density at radius 1 is 1.00 bits per heavy atom. The molecule has 1 fully saturated rings. The summed E-state index contributed by atoms with van der Waals surface area (Å²) >= 11 is 0. The lowest BCUT2D eigenvalue weighted by molar-refractivity contribution is -0.140. The molecule has 0 saturated carbocycles. The summed E-state index contributed by atoms with van der Waals surface area (Å²) in [5, 5.41) is 11.2. The number of halogens is 1. The topological polar surface area (TPSA) is 66.8 Å². The number of methoxy groups -OCH3 is 1. The standard InChI is InChI=1S/C29H28FNO4/c1-29(2,3)21-12-10-19(11-13-21)25-24(26(32)20-6-5-7-23(16-20)35-4)27(33)28(34)31(25)17-18-8-14-22(30)15-9-18/h5-16,25,32H,17H2,1-4H3/b26-24-. The molecule has 4 rings (SSSR count). The van der Waals surface area contributed by atoms with Crippen molar-refractivity contribution in [1.29, 1.82) is 0 Å². The van der Waals surface area contributed by atoms with E-state index in [1.807, 2.05) is 24.3 Å². The second-order valence-electron chi connectivity index (χ2n) is 9.66. The summed E-state index contributed by atoms with van der Waals surface area (Å²) in [6.45, 7) is 6.40. The van der Waals surface area contributed by atoms with E-state index in [1.165, 1.54) is 24.1 Å². The maximum Gasteiger partial charge on any atom is 0.295 e. The number of Topliss-reactive ketones (excluding diaryl/α,β-unsaturated/α-hetero) is 1. The van der Waals surface area contributed by atoms with Gasteiger partial charge in [0.2, 0.25) is 0 Å². The molecule has 1 heterocycles. The van der Waals surface area contributed by atoms with Gasteiger partial charge in [-0.3, -0.25) is 9.59 Å². The zero-order chi connectivity index (χ0) is 25.3. The van der Waals surface area contributed by atoms with Crippen molar-refractivity contribution in [1.82, 2.24) is 4.90 Å². The highest BCUT2D eigenvalue weighted by molar-refractivity contribution is 6.46. The van der Waals surface area contributed by atoms with Gasteiger partial charge in [0.05, 0.1) is 18.7 Å². The highest BCUT2D eigenvalue weighted by atomic mass is 19.1. The van der Waals surface area contributed by atoms with Crippen molar-refractivity contribution >= 4 is 17.4 Å². The van der Waals surface area contributed by atoms with Gasteiger partial charge in [0.15, 0.2) is 0 Å². The zero-order valence-corrected chi connectivity index (χ0v) is 20.2. The molecule has 0 bridgehead atoms. The van der Waals surface area contributed by atoms with Crippen LogP contribution in [0, 0.1) is 5.82 Å². The van der Waals surface area contributed by atoms with Gasteiger partial charge in [-0.1, -0.05) is 69.3 Å². The second-order valence-corrected chi connectivity index (χ2v) is 9.66. The number of aliphatic hydroxyl groups is 1. The van der Waals surface area contributed by atoms with Gasteiger partial charge in [-0.2, -0.15) is 0 Å². The Labute approximate surface area is 204 Å². The van der Waals surface area contributed by atoms with Crippen LogP contribution in [0.5, 0.6) is 5.75 Å². The molecule has 0 aromatic heterocycles. The van der Waals surface area contributed by atoms with Crippen LogP contribution in [0.3, 0.4) is 0 Å². The van der Waals surface area contributed by atoms with E-state index in [-0.39, 0.29) is 29.1 Å². The number of nitrogens with zero attached hydrogens (tertiary/aromatic N) is 1. The van der Waals surface area contributed by atoms with Gasteiger partial charge in [-0.25, -0.2) is 4.39 Å². The number of amides is 1. The van der Waals surface area contributed by atoms with E-state index in [0.29, 0.717) is 22.4 Å². The summed E-state index contributed by atoms with van der Waals surface area (Å²) in [6.07, 6.45) is 0. The Hall–Kier alpha value is -3.93. The molecule has 3 aromatic rings. The van der Waals surface area contributed by atoms with Crippen molar-refractivity contribution in [3.8, 4) is 5.75 Å². The molecular weight excluding hydrogens is 445 g/mol. The lowest BCUT2D eigenvalue weighted by atomic mass is 9.85. The Morgan fingerprint density at radius 3 is 2.26 bits per heavy atom. The third kappa shape index (κ3) is 4.83. The van der Waals surface area contributed by atoms with Crippen LogP contribution >= 0.6 is 0 Å². The van der Waals surface area contributed by atoms with Crippen LogP contribution in [0.25, 0.3) is 5.76 Å². The minimum Gasteiger partial charge on any atom is -0.507 e. The van der Waals surface area contributed by atoms with E-state index >= 15 is 0 Å². The lowest BCUT2D eigenvalue weighted by Gasteiger charge is -2.26. The molecule has 1 amide bonds. The number of likely N-dealkylation sites (tertiary alicyclic amines) is 1. The molecule has 0 spiro atoms. The molecule has 1 aliphatic rings. The van der Waals surface area contributed by atoms with E-state index in [9.17, 15) is 19.1 Å². The molecule has 6 heteroatoms. The van der Waals surface area contributed by atoms with E-state index in [2.05, 4.69) is 20.8 Å². The average molecular weight is 474 g/mol. The minimum absolute atomic E-state index is 0.00822. The first-order chi connectivity index (χ1) is 16.6. The maximum atomic E-state index is 13.4. The van der Waals surface area contributed by atoms with Crippen LogP contribution in [0.4, 0.5) is 4.39 Å². The first-order valence-electron chi connectivity index (χ1n) is 11.4. The Bertz CT molecular complexity index is 1290. The molecule has 180 valence electrons. The molecule has 1 aliphatic heterocycles. The SMILES string of the molecule is COc1cccc(/C(O)=C2/C(=O)C(=O)N(Cc3ccc(F)cc3)C2c2ccc(C(C)(C)C)cc2)c1. The fourth-order valence-electron chi connectivity index (χ4n) is 4.27. The van der Waals surface area contributed by atoms with Gasteiger partial charge >= 0.3 is 0 Å². The predicted molar refractivity (Wildman–Crippen MR) is 132 cm³/mol. The molecule has 5 nitrogen and oxygen atoms in total. The third-order valence-corrected chi connectivity index (χ3v) is 6.24.